The van der Waals surface area contributed by atoms with E-state index >= 15 is 0 Å². The molecule has 0 saturated carbocycles. The van der Waals surface area contributed by atoms with Gasteiger partial charge in [-0.15, -0.1) is 0 Å². The highest BCUT2D eigenvalue weighted by Crippen LogP contribution is 2.31. The van der Waals surface area contributed by atoms with Crippen molar-refractivity contribution in [2.45, 2.75) is 19.4 Å². The average Bonchev–Trinajstić information content (AvgIpc) is 2.42. The SMILES string of the molecule is CCCNC(c1ccc(F)cc1F)c1ccc(F)cc1Br. The third-order valence-electron chi connectivity index (χ3n) is 3.15. The molecule has 0 aromatic heterocycles. The third kappa shape index (κ3) is 3.86. The molecule has 0 aliphatic heterocycles. The van der Waals surface area contributed by atoms with Crippen molar-refractivity contribution in [1.82, 2.24) is 5.32 Å². The fourth-order valence-electron chi connectivity index (χ4n) is 2.15. The first-order valence-electron chi connectivity index (χ1n) is 6.66. The predicted octanol–water partition coefficient (Wildman–Crippen LogP) is 4.96. The molecule has 0 bridgehead atoms. The van der Waals surface area contributed by atoms with Crippen LogP contribution in [0.4, 0.5) is 13.2 Å². The summed E-state index contributed by atoms with van der Waals surface area (Å²) >= 11 is 3.30. The van der Waals surface area contributed by atoms with E-state index in [1.165, 1.54) is 24.3 Å². The van der Waals surface area contributed by atoms with Gasteiger partial charge in [-0.1, -0.05) is 35.0 Å². The molecule has 2 rings (SSSR count). The highest BCUT2D eigenvalue weighted by Gasteiger charge is 2.20. The minimum Gasteiger partial charge on any atom is -0.306 e. The average molecular weight is 358 g/mol. The largest absolute Gasteiger partial charge is 0.306 e. The molecule has 1 N–H and O–H groups in total. The van der Waals surface area contributed by atoms with E-state index in [0.717, 1.165) is 12.5 Å². The molecular formula is C16H15BrF3N. The lowest BCUT2D eigenvalue weighted by molar-refractivity contribution is 0.531. The summed E-state index contributed by atoms with van der Waals surface area (Å²) in [6.45, 7) is 2.65. The molecule has 112 valence electrons. The van der Waals surface area contributed by atoms with E-state index in [1.807, 2.05) is 6.92 Å². The Morgan fingerprint density at radius 3 is 2.19 bits per heavy atom. The molecule has 5 heteroatoms. The molecular weight excluding hydrogens is 343 g/mol. The summed E-state index contributed by atoms with van der Waals surface area (Å²) in [5.74, 6) is -1.62. The number of nitrogens with one attached hydrogen (secondary N) is 1. The number of benzene rings is 2. The Bertz CT molecular complexity index is 579. The van der Waals surface area contributed by atoms with Crippen LogP contribution in [-0.2, 0) is 0 Å². The molecule has 0 spiro atoms. The summed E-state index contributed by atoms with van der Waals surface area (Å²) in [5.41, 5.74) is 1.03. The monoisotopic (exact) mass is 357 g/mol. The molecule has 0 saturated heterocycles. The van der Waals surface area contributed by atoms with E-state index in [1.54, 1.807) is 6.07 Å². The van der Waals surface area contributed by atoms with Crippen LogP contribution in [0.1, 0.15) is 30.5 Å². The highest BCUT2D eigenvalue weighted by molar-refractivity contribution is 9.10. The lowest BCUT2D eigenvalue weighted by atomic mass is 9.98. The second-order valence-corrected chi connectivity index (χ2v) is 5.57. The van der Waals surface area contributed by atoms with Gasteiger partial charge in [0.05, 0.1) is 6.04 Å². The molecule has 0 radical (unpaired) electrons. The van der Waals surface area contributed by atoms with E-state index < -0.39 is 17.7 Å². The van der Waals surface area contributed by atoms with Crippen molar-refractivity contribution in [3.63, 3.8) is 0 Å². The van der Waals surface area contributed by atoms with Gasteiger partial charge < -0.3 is 5.32 Å². The molecule has 1 nitrogen and oxygen atoms in total. The summed E-state index contributed by atoms with van der Waals surface area (Å²) in [4.78, 5) is 0. The first-order valence-corrected chi connectivity index (χ1v) is 7.45. The number of hydrogen-bond acceptors (Lipinski definition) is 1. The van der Waals surface area contributed by atoms with Gasteiger partial charge in [-0.2, -0.15) is 0 Å². The van der Waals surface area contributed by atoms with Gasteiger partial charge in [0.1, 0.15) is 17.5 Å². The summed E-state index contributed by atoms with van der Waals surface area (Å²) in [6, 6.07) is 7.26. The van der Waals surface area contributed by atoms with Gasteiger partial charge in [0.25, 0.3) is 0 Å². The van der Waals surface area contributed by atoms with Crippen LogP contribution in [-0.4, -0.2) is 6.54 Å². The molecule has 2 aromatic rings. The zero-order chi connectivity index (χ0) is 15.4. The first-order chi connectivity index (χ1) is 10.0. The minimum absolute atomic E-state index is 0.331. The molecule has 0 fully saturated rings. The van der Waals surface area contributed by atoms with E-state index in [0.29, 0.717) is 22.1 Å². The maximum Gasteiger partial charge on any atom is 0.131 e. The predicted molar refractivity (Wildman–Crippen MR) is 80.6 cm³/mol. The van der Waals surface area contributed by atoms with Gasteiger partial charge in [-0.05, 0) is 36.7 Å². The highest BCUT2D eigenvalue weighted by atomic mass is 79.9. The van der Waals surface area contributed by atoms with Crippen LogP contribution in [0.15, 0.2) is 40.9 Å². The summed E-state index contributed by atoms with van der Waals surface area (Å²) in [5, 5.41) is 3.21. The molecule has 21 heavy (non-hydrogen) atoms. The van der Waals surface area contributed by atoms with Gasteiger partial charge >= 0.3 is 0 Å². The normalized spacial score (nSPS) is 12.4. The summed E-state index contributed by atoms with van der Waals surface area (Å²) < 4.78 is 40.9. The number of rotatable bonds is 5. The minimum atomic E-state index is -0.625. The van der Waals surface area contributed by atoms with E-state index in [9.17, 15) is 13.2 Å². The Morgan fingerprint density at radius 1 is 1.00 bits per heavy atom. The fourth-order valence-corrected chi connectivity index (χ4v) is 2.73. The van der Waals surface area contributed by atoms with Gasteiger partial charge in [-0.25, -0.2) is 13.2 Å². The topological polar surface area (TPSA) is 12.0 Å². The van der Waals surface area contributed by atoms with Crippen LogP contribution in [0.2, 0.25) is 0 Å². The van der Waals surface area contributed by atoms with E-state index in [4.69, 9.17) is 0 Å². The van der Waals surface area contributed by atoms with Crippen LogP contribution < -0.4 is 5.32 Å². The Labute approximate surface area is 130 Å². The van der Waals surface area contributed by atoms with Gasteiger partial charge in [0.15, 0.2) is 0 Å². The van der Waals surface area contributed by atoms with Crippen molar-refractivity contribution < 1.29 is 13.2 Å². The molecule has 0 aliphatic rings. The molecule has 0 amide bonds. The van der Waals surface area contributed by atoms with Crippen molar-refractivity contribution in [3.8, 4) is 0 Å². The zero-order valence-corrected chi connectivity index (χ0v) is 13.1. The van der Waals surface area contributed by atoms with E-state index in [-0.39, 0.29) is 5.82 Å². The van der Waals surface area contributed by atoms with Crippen LogP contribution in [0.5, 0.6) is 0 Å². The Morgan fingerprint density at radius 2 is 1.62 bits per heavy atom. The number of hydrogen-bond donors (Lipinski definition) is 1. The first kappa shape index (κ1) is 16.0. The van der Waals surface area contributed by atoms with Crippen molar-refractivity contribution in [2.24, 2.45) is 0 Å². The van der Waals surface area contributed by atoms with Gasteiger partial charge in [-0.3, -0.25) is 0 Å². The van der Waals surface area contributed by atoms with Crippen LogP contribution in [0.3, 0.4) is 0 Å². The van der Waals surface area contributed by atoms with Crippen molar-refractivity contribution in [2.75, 3.05) is 6.54 Å². The quantitative estimate of drug-likeness (QED) is 0.797. The molecule has 1 atom stereocenters. The maximum atomic E-state index is 14.1. The lowest BCUT2D eigenvalue weighted by Crippen LogP contribution is -2.24. The van der Waals surface area contributed by atoms with Crippen LogP contribution in [0, 0.1) is 17.5 Å². The Kier molecular flexibility index (Phi) is 5.42. The van der Waals surface area contributed by atoms with E-state index in [2.05, 4.69) is 21.2 Å². The Balaban J connectivity index is 2.46. The summed E-state index contributed by atoms with van der Waals surface area (Å²) in [6.07, 6.45) is 0.859. The third-order valence-corrected chi connectivity index (χ3v) is 3.83. The van der Waals surface area contributed by atoms with Gasteiger partial charge in [0, 0.05) is 16.1 Å². The lowest BCUT2D eigenvalue weighted by Gasteiger charge is -2.21. The maximum absolute atomic E-state index is 14.1. The van der Waals surface area contributed by atoms with Crippen LogP contribution in [0.25, 0.3) is 0 Å². The molecule has 1 unspecified atom stereocenters. The number of halogens is 4. The second-order valence-electron chi connectivity index (χ2n) is 4.72. The molecule has 2 aromatic carbocycles. The second kappa shape index (κ2) is 7.09. The van der Waals surface area contributed by atoms with Crippen molar-refractivity contribution in [1.29, 1.82) is 0 Å². The van der Waals surface area contributed by atoms with Crippen molar-refractivity contribution >= 4 is 15.9 Å². The molecule has 0 aliphatic carbocycles. The Hall–Kier alpha value is -1.33. The summed E-state index contributed by atoms with van der Waals surface area (Å²) in [7, 11) is 0. The van der Waals surface area contributed by atoms with Crippen LogP contribution >= 0.6 is 15.9 Å². The standard InChI is InChI=1S/C16H15BrF3N/c1-2-7-21-16(12-5-3-10(18)8-14(12)17)13-6-4-11(19)9-15(13)20/h3-6,8-9,16,21H,2,7H2,1H3. The smallest absolute Gasteiger partial charge is 0.131 e. The van der Waals surface area contributed by atoms with Crippen molar-refractivity contribution in [3.05, 3.63) is 69.4 Å². The zero-order valence-electron chi connectivity index (χ0n) is 11.5. The van der Waals surface area contributed by atoms with Gasteiger partial charge in [0.2, 0.25) is 0 Å². The molecule has 0 heterocycles. The fraction of sp³-hybridized carbons (Fsp3) is 0.250.